The number of benzene rings is 1. The van der Waals surface area contributed by atoms with Crippen LogP contribution in [0.25, 0.3) is 0 Å². The van der Waals surface area contributed by atoms with Crippen molar-refractivity contribution in [2.75, 3.05) is 17.7 Å². The number of ether oxygens (including phenoxy) is 2. The molecule has 1 aromatic carbocycles. The van der Waals surface area contributed by atoms with E-state index in [4.69, 9.17) is 32.7 Å². The molecular weight excluding hydrogens is 531 g/mol. The van der Waals surface area contributed by atoms with Gasteiger partial charge in [-0.25, -0.2) is 4.79 Å². The Morgan fingerprint density at radius 1 is 1.20 bits per heavy atom. The van der Waals surface area contributed by atoms with E-state index in [9.17, 15) is 9.59 Å². The number of rotatable bonds is 11. The average Bonchev–Trinajstić information content (AvgIpc) is 3.43. The van der Waals surface area contributed by atoms with Gasteiger partial charge in [-0.1, -0.05) is 41.9 Å². The van der Waals surface area contributed by atoms with Gasteiger partial charge in [0.25, 0.3) is 0 Å². The molecule has 0 bridgehead atoms. The number of amides is 1. The molecule has 188 valence electrons. The second-order valence-electron chi connectivity index (χ2n) is 7.29. The number of nitrogens with one attached hydrogen (secondary N) is 1. The van der Waals surface area contributed by atoms with Gasteiger partial charge < -0.3 is 19.4 Å². The van der Waals surface area contributed by atoms with E-state index in [0.29, 0.717) is 43.9 Å². The van der Waals surface area contributed by atoms with Gasteiger partial charge in [-0.3, -0.25) is 4.79 Å². The second-order valence-corrected chi connectivity index (χ2v) is 10.2. The standard InChI is InChI=1S/C23H26Cl2N4O4S2/c1-5-15-11-16(22(31)32-7-3)21(35-15)26-19(30)12-34-23-28-27-20(29(23)6-2)13(4)33-18-9-8-14(24)10-17(18)25/h8-11,13H,5-7,12H2,1-4H3,(H,26,30). The lowest BCUT2D eigenvalue weighted by Crippen LogP contribution is -2.16. The van der Waals surface area contributed by atoms with Crippen LogP contribution in [0.4, 0.5) is 5.00 Å². The Morgan fingerprint density at radius 3 is 2.63 bits per heavy atom. The largest absolute Gasteiger partial charge is 0.481 e. The Hall–Kier alpha value is -2.27. The molecule has 0 aliphatic rings. The Balaban J connectivity index is 1.67. The highest BCUT2D eigenvalue weighted by molar-refractivity contribution is 7.99. The maximum absolute atomic E-state index is 12.7. The lowest BCUT2D eigenvalue weighted by molar-refractivity contribution is -0.113. The average molecular weight is 558 g/mol. The minimum Gasteiger partial charge on any atom is -0.481 e. The predicted octanol–water partition coefficient (Wildman–Crippen LogP) is 6.28. The third-order valence-electron chi connectivity index (χ3n) is 4.84. The molecule has 12 heteroatoms. The van der Waals surface area contributed by atoms with Crippen LogP contribution in [0.15, 0.2) is 29.4 Å². The predicted molar refractivity (Wildman–Crippen MR) is 140 cm³/mol. The van der Waals surface area contributed by atoms with Gasteiger partial charge in [0.15, 0.2) is 17.1 Å². The van der Waals surface area contributed by atoms with Crippen LogP contribution in [0, 0.1) is 0 Å². The molecule has 1 N–H and O–H groups in total. The number of carbonyl (C=O) groups is 2. The number of hydrogen-bond donors (Lipinski definition) is 1. The van der Waals surface area contributed by atoms with Crippen LogP contribution in [0.5, 0.6) is 5.75 Å². The highest BCUT2D eigenvalue weighted by atomic mass is 35.5. The number of thioether (sulfide) groups is 1. The van der Waals surface area contributed by atoms with Gasteiger partial charge >= 0.3 is 5.97 Å². The smallest absolute Gasteiger partial charge is 0.341 e. The molecule has 3 rings (SSSR count). The van der Waals surface area contributed by atoms with Crippen molar-refractivity contribution >= 4 is 63.2 Å². The fourth-order valence-corrected chi connectivity index (χ4v) is 5.44. The second kappa shape index (κ2) is 12.6. The number of aromatic nitrogens is 3. The molecule has 0 saturated carbocycles. The van der Waals surface area contributed by atoms with E-state index < -0.39 is 12.1 Å². The van der Waals surface area contributed by atoms with E-state index >= 15 is 0 Å². The van der Waals surface area contributed by atoms with Crippen molar-refractivity contribution in [3.05, 3.63) is 50.6 Å². The number of anilines is 1. The third-order valence-corrected chi connectivity index (χ3v) is 7.53. The van der Waals surface area contributed by atoms with Crippen molar-refractivity contribution in [2.45, 2.75) is 51.9 Å². The molecular formula is C23H26Cl2N4O4S2. The molecule has 1 amide bonds. The topological polar surface area (TPSA) is 95.3 Å². The number of hydrogen-bond acceptors (Lipinski definition) is 8. The number of halogens is 2. The van der Waals surface area contributed by atoms with Crippen LogP contribution in [0.2, 0.25) is 10.0 Å². The Morgan fingerprint density at radius 2 is 1.97 bits per heavy atom. The third kappa shape index (κ3) is 6.91. The molecule has 1 atom stereocenters. The Bertz CT molecular complexity index is 1200. The normalized spacial score (nSPS) is 11.8. The van der Waals surface area contributed by atoms with Gasteiger partial charge in [0.05, 0.1) is 22.9 Å². The van der Waals surface area contributed by atoms with Gasteiger partial charge in [-0.2, -0.15) is 0 Å². The Labute approximate surface area is 222 Å². The molecule has 2 aromatic heterocycles. The summed E-state index contributed by atoms with van der Waals surface area (Å²) in [6.07, 6.45) is 0.320. The lowest BCUT2D eigenvalue weighted by Gasteiger charge is -2.16. The van der Waals surface area contributed by atoms with Gasteiger partial charge in [0.2, 0.25) is 5.91 Å². The van der Waals surface area contributed by atoms with E-state index in [1.165, 1.54) is 23.1 Å². The number of aryl methyl sites for hydroxylation is 1. The molecule has 2 heterocycles. The van der Waals surface area contributed by atoms with E-state index in [1.807, 2.05) is 25.3 Å². The summed E-state index contributed by atoms with van der Waals surface area (Å²) >= 11 is 14.8. The fourth-order valence-electron chi connectivity index (χ4n) is 3.18. The highest BCUT2D eigenvalue weighted by Crippen LogP contribution is 2.32. The summed E-state index contributed by atoms with van der Waals surface area (Å²) in [6, 6.07) is 6.77. The number of nitrogens with zero attached hydrogens (tertiary/aromatic N) is 3. The first-order chi connectivity index (χ1) is 16.8. The van der Waals surface area contributed by atoms with Crippen molar-refractivity contribution in [3.8, 4) is 5.75 Å². The molecule has 8 nitrogen and oxygen atoms in total. The molecule has 0 aliphatic carbocycles. The Kier molecular flexibility index (Phi) is 9.85. The van der Waals surface area contributed by atoms with Crippen molar-refractivity contribution in [1.29, 1.82) is 0 Å². The molecule has 3 aromatic rings. The quantitative estimate of drug-likeness (QED) is 0.219. The van der Waals surface area contributed by atoms with Crippen LogP contribution in [0.3, 0.4) is 0 Å². The van der Waals surface area contributed by atoms with E-state index in [-0.39, 0.29) is 18.3 Å². The van der Waals surface area contributed by atoms with Gasteiger partial charge in [0, 0.05) is 16.4 Å². The van der Waals surface area contributed by atoms with Gasteiger partial charge in [-0.05, 0) is 51.5 Å². The van der Waals surface area contributed by atoms with Crippen molar-refractivity contribution in [2.24, 2.45) is 0 Å². The van der Waals surface area contributed by atoms with Crippen molar-refractivity contribution < 1.29 is 19.1 Å². The van der Waals surface area contributed by atoms with Crippen LogP contribution >= 0.6 is 46.3 Å². The summed E-state index contributed by atoms with van der Waals surface area (Å²) in [5.41, 5.74) is 0.373. The van der Waals surface area contributed by atoms with Gasteiger partial charge in [0.1, 0.15) is 10.8 Å². The minimum atomic E-state index is -0.448. The first-order valence-electron chi connectivity index (χ1n) is 11.0. The maximum atomic E-state index is 12.7. The van der Waals surface area contributed by atoms with Crippen LogP contribution < -0.4 is 10.1 Å². The molecule has 0 saturated heterocycles. The van der Waals surface area contributed by atoms with Crippen LogP contribution in [0.1, 0.15) is 54.9 Å². The van der Waals surface area contributed by atoms with E-state index in [0.717, 1.165) is 11.3 Å². The SMILES string of the molecule is CCOC(=O)c1cc(CC)sc1NC(=O)CSc1nnc(C(C)Oc2ccc(Cl)cc2Cl)n1CC. The number of carbonyl (C=O) groups excluding carboxylic acids is 2. The fraction of sp³-hybridized carbons (Fsp3) is 0.391. The molecule has 0 aliphatic heterocycles. The van der Waals surface area contributed by atoms with Crippen LogP contribution in [-0.4, -0.2) is 39.0 Å². The molecule has 1 unspecified atom stereocenters. The zero-order chi connectivity index (χ0) is 25.5. The summed E-state index contributed by atoms with van der Waals surface area (Å²) in [5, 5.41) is 13.3. The minimum absolute atomic E-state index is 0.0952. The summed E-state index contributed by atoms with van der Waals surface area (Å²) in [4.78, 5) is 25.9. The number of esters is 1. The summed E-state index contributed by atoms with van der Waals surface area (Å²) in [5.74, 6) is 0.489. The lowest BCUT2D eigenvalue weighted by atomic mass is 10.2. The maximum Gasteiger partial charge on any atom is 0.341 e. The molecule has 0 spiro atoms. The summed E-state index contributed by atoms with van der Waals surface area (Å²) in [6.45, 7) is 8.40. The molecule has 0 radical (unpaired) electrons. The van der Waals surface area contributed by atoms with Crippen LogP contribution in [-0.2, 0) is 22.5 Å². The summed E-state index contributed by atoms with van der Waals surface area (Å²) in [7, 11) is 0. The monoisotopic (exact) mass is 556 g/mol. The van der Waals surface area contributed by atoms with E-state index in [1.54, 1.807) is 31.2 Å². The molecule has 35 heavy (non-hydrogen) atoms. The van der Waals surface area contributed by atoms with E-state index in [2.05, 4.69) is 15.5 Å². The first-order valence-corrected chi connectivity index (χ1v) is 13.6. The zero-order valence-electron chi connectivity index (χ0n) is 19.8. The van der Waals surface area contributed by atoms with Crippen molar-refractivity contribution in [3.63, 3.8) is 0 Å². The highest BCUT2D eigenvalue weighted by Gasteiger charge is 2.22. The van der Waals surface area contributed by atoms with Crippen molar-refractivity contribution in [1.82, 2.24) is 14.8 Å². The molecule has 0 fully saturated rings. The summed E-state index contributed by atoms with van der Waals surface area (Å²) < 4.78 is 13.0. The zero-order valence-corrected chi connectivity index (χ0v) is 22.9. The number of thiophene rings is 1. The first kappa shape index (κ1) is 27.3. The van der Waals surface area contributed by atoms with Gasteiger partial charge in [-0.15, -0.1) is 21.5 Å².